The molecule has 4 nitrogen and oxygen atoms in total. The van der Waals surface area contributed by atoms with E-state index >= 15 is 0 Å². The highest BCUT2D eigenvalue weighted by molar-refractivity contribution is 5.94. The van der Waals surface area contributed by atoms with Gasteiger partial charge in [0.2, 0.25) is 6.10 Å². The fourth-order valence-electron chi connectivity index (χ4n) is 3.38. The average Bonchev–Trinajstić information content (AvgIpc) is 2.67. The van der Waals surface area contributed by atoms with Crippen LogP contribution in [0.4, 0.5) is 0 Å². The number of nitrogens with zero attached hydrogens (tertiary/aromatic N) is 1. The molecule has 0 unspecified atom stereocenters. The van der Waals surface area contributed by atoms with Crippen LogP contribution in [0.2, 0.25) is 0 Å². The Hall–Kier alpha value is -2.62. The van der Waals surface area contributed by atoms with Crippen molar-refractivity contribution in [3.63, 3.8) is 0 Å². The number of carbonyl (C=O) groups excluding carboxylic acids is 2. The molecule has 1 atom stereocenters. The molecule has 26 heavy (non-hydrogen) atoms. The minimum Gasteiger partial charge on any atom is -0.444 e. The quantitative estimate of drug-likeness (QED) is 0.775. The Labute approximate surface area is 154 Å². The third-order valence-electron chi connectivity index (χ3n) is 4.82. The van der Waals surface area contributed by atoms with Crippen molar-refractivity contribution in [3.05, 3.63) is 70.8 Å². The third kappa shape index (κ3) is 4.13. The van der Waals surface area contributed by atoms with Gasteiger partial charge in [0.1, 0.15) is 0 Å². The van der Waals surface area contributed by atoms with Gasteiger partial charge in [0, 0.05) is 18.7 Å². The maximum Gasteiger partial charge on any atom is 0.339 e. The van der Waals surface area contributed by atoms with E-state index in [1.165, 1.54) is 0 Å². The molecule has 2 aromatic carbocycles. The van der Waals surface area contributed by atoms with Gasteiger partial charge in [-0.05, 0) is 44.7 Å². The highest BCUT2D eigenvalue weighted by atomic mass is 16.5. The number of ether oxygens (including phenoxy) is 1. The van der Waals surface area contributed by atoms with Crippen LogP contribution in [0, 0.1) is 13.8 Å². The molecule has 0 N–H and O–H groups in total. The Morgan fingerprint density at radius 1 is 0.962 bits per heavy atom. The molecule has 0 saturated carbocycles. The lowest BCUT2D eigenvalue weighted by atomic mass is 10.0. The monoisotopic (exact) mass is 351 g/mol. The fraction of sp³-hybridized carbons (Fsp3) is 0.364. The lowest BCUT2D eigenvalue weighted by molar-refractivity contribution is -0.142. The van der Waals surface area contributed by atoms with E-state index in [2.05, 4.69) is 0 Å². The third-order valence-corrected chi connectivity index (χ3v) is 4.82. The van der Waals surface area contributed by atoms with Crippen molar-refractivity contribution in [3.8, 4) is 0 Å². The Kier molecular flexibility index (Phi) is 5.71. The minimum absolute atomic E-state index is 0.131. The van der Waals surface area contributed by atoms with E-state index in [1.54, 1.807) is 6.07 Å². The Bertz CT molecular complexity index is 779. The van der Waals surface area contributed by atoms with Gasteiger partial charge in [-0.25, -0.2) is 4.79 Å². The van der Waals surface area contributed by atoms with E-state index in [0.29, 0.717) is 11.1 Å². The summed E-state index contributed by atoms with van der Waals surface area (Å²) in [6, 6.07) is 14.9. The van der Waals surface area contributed by atoms with Gasteiger partial charge in [-0.1, -0.05) is 48.0 Å². The van der Waals surface area contributed by atoms with Gasteiger partial charge < -0.3 is 9.64 Å². The highest BCUT2D eigenvalue weighted by Gasteiger charge is 2.30. The van der Waals surface area contributed by atoms with Crippen molar-refractivity contribution >= 4 is 11.9 Å². The van der Waals surface area contributed by atoms with Crippen LogP contribution < -0.4 is 0 Å². The van der Waals surface area contributed by atoms with E-state index < -0.39 is 12.1 Å². The highest BCUT2D eigenvalue weighted by Crippen LogP contribution is 2.24. The Morgan fingerprint density at radius 2 is 1.65 bits per heavy atom. The van der Waals surface area contributed by atoms with Crippen molar-refractivity contribution in [1.82, 2.24) is 4.90 Å². The summed E-state index contributed by atoms with van der Waals surface area (Å²) in [7, 11) is 0. The van der Waals surface area contributed by atoms with Gasteiger partial charge in [0.05, 0.1) is 5.56 Å². The van der Waals surface area contributed by atoms with Crippen LogP contribution in [-0.2, 0) is 9.53 Å². The smallest absolute Gasteiger partial charge is 0.339 e. The lowest BCUT2D eigenvalue weighted by Gasteiger charge is -2.30. The first-order valence-corrected chi connectivity index (χ1v) is 9.18. The van der Waals surface area contributed by atoms with Gasteiger partial charge >= 0.3 is 5.97 Å². The Balaban J connectivity index is 1.85. The topological polar surface area (TPSA) is 46.6 Å². The normalized spacial score (nSPS) is 15.4. The van der Waals surface area contributed by atoms with Gasteiger partial charge in [0.15, 0.2) is 0 Å². The zero-order valence-electron chi connectivity index (χ0n) is 15.4. The van der Waals surface area contributed by atoms with Gasteiger partial charge in [-0.15, -0.1) is 0 Å². The average molecular weight is 351 g/mol. The van der Waals surface area contributed by atoms with Gasteiger partial charge in [0.25, 0.3) is 5.91 Å². The van der Waals surface area contributed by atoms with Crippen LogP contribution in [0.5, 0.6) is 0 Å². The molecule has 0 bridgehead atoms. The summed E-state index contributed by atoms with van der Waals surface area (Å²) in [6.07, 6.45) is 2.24. The molecule has 1 amide bonds. The number of esters is 1. The molecule has 0 spiro atoms. The SMILES string of the molecule is Cc1ccc(C(=O)O[C@H](C(=O)N2CCCCC2)c2ccccc2)c(C)c1. The second-order valence-corrected chi connectivity index (χ2v) is 6.90. The second-order valence-electron chi connectivity index (χ2n) is 6.90. The maximum absolute atomic E-state index is 13.1. The molecule has 2 aromatic rings. The number of aryl methyl sites for hydroxylation is 2. The number of carbonyl (C=O) groups is 2. The van der Waals surface area contributed by atoms with Crippen LogP contribution in [0.15, 0.2) is 48.5 Å². The summed E-state index contributed by atoms with van der Waals surface area (Å²) in [4.78, 5) is 27.6. The standard InChI is InChI=1S/C22H25NO3/c1-16-11-12-19(17(2)15-16)22(25)26-20(18-9-5-3-6-10-18)21(24)23-13-7-4-8-14-23/h3,5-6,9-12,15,20H,4,7-8,13-14H2,1-2H3/t20-/m0/s1. The maximum atomic E-state index is 13.1. The summed E-state index contributed by atoms with van der Waals surface area (Å²) in [6.45, 7) is 5.31. The number of rotatable bonds is 4. The largest absolute Gasteiger partial charge is 0.444 e. The summed E-state index contributed by atoms with van der Waals surface area (Å²) in [5, 5.41) is 0. The summed E-state index contributed by atoms with van der Waals surface area (Å²) < 4.78 is 5.73. The number of likely N-dealkylation sites (tertiary alicyclic amines) is 1. The van der Waals surface area contributed by atoms with Crippen molar-refractivity contribution in [2.45, 2.75) is 39.2 Å². The molecule has 0 aromatic heterocycles. The predicted octanol–water partition coefficient (Wildman–Crippen LogP) is 4.21. The van der Waals surface area contributed by atoms with E-state index in [4.69, 9.17) is 4.74 Å². The number of hydrogen-bond donors (Lipinski definition) is 0. The van der Waals surface area contributed by atoms with E-state index in [9.17, 15) is 9.59 Å². The molecule has 1 aliphatic heterocycles. The zero-order valence-corrected chi connectivity index (χ0v) is 15.4. The molecule has 1 heterocycles. The fourth-order valence-corrected chi connectivity index (χ4v) is 3.38. The summed E-state index contributed by atoms with van der Waals surface area (Å²) in [5.74, 6) is -0.587. The number of hydrogen-bond acceptors (Lipinski definition) is 3. The molecule has 3 rings (SSSR count). The van der Waals surface area contributed by atoms with E-state index in [-0.39, 0.29) is 5.91 Å². The molecule has 1 fully saturated rings. The molecule has 4 heteroatoms. The molecule has 1 saturated heterocycles. The number of piperidine rings is 1. The van der Waals surface area contributed by atoms with Crippen LogP contribution in [0.1, 0.15) is 52.4 Å². The summed E-state index contributed by atoms with van der Waals surface area (Å²) in [5.41, 5.74) is 3.15. The van der Waals surface area contributed by atoms with Crippen LogP contribution in [0.3, 0.4) is 0 Å². The van der Waals surface area contributed by atoms with Crippen LogP contribution >= 0.6 is 0 Å². The zero-order chi connectivity index (χ0) is 18.5. The van der Waals surface area contributed by atoms with Crippen LogP contribution in [0.25, 0.3) is 0 Å². The predicted molar refractivity (Wildman–Crippen MR) is 101 cm³/mol. The molecule has 1 aliphatic rings. The molecule has 0 radical (unpaired) electrons. The lowest BCUT2D eigenvalue weighted by Crippen LogP contribution is -2.40. The van der Waals surface area contributed by atoms with Gasteiger partial charge in [-0.3, -0.25) is 4.79 Å². The van der Waals surface area contributed by atoms with Gasteiger partial charge in [-0.2, -0.15) is 0 Å². The minimum atomic E-state index is -0.900. The first-order chi connectivity index (χ1) is 12.6. The molecule has 0 aliphatic carbocycles. The second kappa shape index (κ2) is 8.17. The van der Waals surface area contributed by atoms with Crippen molar-refractivity contribution in [2.24, 2.45) is 0 Å². The number of benzene rings is 2. The summed E-state index contributed by atoms with van der Waals surface area (Å²) >= 11 is 0. The van der Waals surface area contributed by atoms with Crippen molar-refractivity contribution in [2.75, 3.05) is 13.1 Å². The van der Waals surface area contributed by atoms with E-state index in [0.717, 1.165) is 43.5 Å². The van der Waals surface area contributed by atoms with E-state index in [1.807, 2.05) is 61.2 Å². The first-order valence-electron chi connectivity index (χ1n) is 9.18. The van der Waals surface area contributed by atoms with Crippen LogP contribution in [-0.4, -0.2) is 29.9 Å². The van der Waals surface area contributed by atoms with Crippen molar-refractivity contribution in [1.29, 1.82) is 0 Å². The van der Waals surface area contributed by atoms with Crippen molar-refractivity contribution < 1.29 is 14.3 Å². The molecular weight excluding hydrogens is 326 g/mol. The number of amides is 1. The molecular formula is C22H25NO3. The Morgan fingerprint density at radius 3 is 2.31 bits per heavy atom. The first kappa shape index (κ1) is 18.2. The molecule has 136 valence electrons.